The van der Waals surface area contributed by atoms with Gasteiger partial charge in [-0.15, -0.1) is 0 Å². The number of aromatic nitrogens is 1. The van der Waals surface area contributed by atoms with Crippen LogP contribution in [-0.2, 0) is 0 Å². The third kappa shape index (κ3) is 3.74. The molecular weight excluding hydrogens is 284 g/mol. The summed E-state index contributed by atoms with van der Waals surface area (Å²) in [5, 5.41) is 4.27. The van der Waals surface area contributed by atoms with Crippen molar-refractivity contribution in [2.24, 2.45) is 0 Å². The molecule has 112 valence electrons. The van der Waals surface area contributed by atoms with Crippen LogP contribution in [0.4, 0.5) is 0 Å². The molecule has 1 heterocycles. The van der Waals surface area contributed by atoms with Gasteiger partial charge >= 0.3 is 0 Å². The van der Waals surface area contributed by atoms with Crippen molar-refractivity contribution < 1.29 is 4.74 Å². The molecule has 0 aliphatic carbocycles. The predicted octanol–water partition coefficient (Wildman–Crippen LogP) is 4.14. The Balaban J connectivity index is 2.50. The van der Waals surface area contributed by atoms with Gasteiger partial charge in [-0.3, -0.25) is 4.98 Å². The van der Waals surface area contributed by atoms with E-state index in [1.165, 1.54) is 0 Å². The van der Waals surface area contributed by atoms with Gasteiger partial charge in [0, 0.05) is 22.5 Å². The first kappa shape index (κ1) is 15.8. The molecule has 1 atom stereocenters. The van der Waals surface area contributed by atoms with Crippen molar-refractivity contribution in [1.29, 1.82) is 0 Å². The first-order valence-corrected chi connectivity index (χ1v) is 7.53. The van der Waals surface area contributed by atoms with Gasteiger partial charge in [0.05, 0.1) is 13.2 Å². The third-order valence-electron chi connectivity index (χ3n) is 3.46. The van der Waals surface area contributed by atoms with Crippen LogP contribution in [0, 0.1) is 6.92 Å². The maximum atomic E-state index is 6.18. The van der Waals surface area contributed by atoms with Gasteiger partial charge in [-0.25, -0.2) is 0 Å². The van der Waals surface area contributed by atoms with E-state index >= 15 is 0 Å². The van der Waals surface area contributed by atoms with Crippen LogP contribution in [0.1, 0.15) is 36.2 Å². The van der Waals surface area contributed by atoms with E-state index in [2.05, 4.69) is 23.3 Å². The van der Waals surface area contributed by atoms with Crippen LogP contribution in [0.25, 0.3) is 0 Å². The maximum Gasteiger partial charge on any atom is 0.124 e. The molecule has 3 nitrogen and oxygen atoms in total. The first-order chi connectivity index (χ1) is 10.2. The molecule has 0 bridgehead atoms. The van der Waals surface area contributed by atoms with E-state index in [1.54, 1.807) is 7.11 Å². The zero-order valence-electron chi connectivity index (χ0n) is 12.7. The molecule has 1 aromatic carbocycles. The highest BCUT2D eigenvalue weighted by atomic mass is 35.5. The van der Waals surface area contributed by atoms with Gasteiger partial charge in [0.25, 0.3) is 0 Å². The van der Waals surface area contributed by atoms with Crippen molar-refractivity contribution in [2.45, 2.75) is 26.3 Å². The van der Waals surface area contributed by atoms with Crippen LogP contribution < -0.4 is 10.1 Å². The Kier molecular flexibility index (Phi) is 5.59. The van der Waals surface area contributed by atoms with Gasteiger partial charge in [0.2, 0.25) is 0 Å². The summed E-state index contributed by atoms with van der Waals surface area (Å²) in [5.74, 6) is 0.830. The van der Waals surface area contributed by atoms with Crippen molar-refractivity contribution in [3.05, 3.63) is 58.4 Å². The quantitative estimate of drug-likeness (QED) is 0.871. The minimum atomic E-state index is 0.0206. The average Bonchev–Trinajstić information content (AvgIpc) is 2.49. The van der Waals surface area contributed by atoms with Crippen LogP contribution in [-0.4, -0.2) is 18.6 Å². The molecule has 2 rings (SSSR count). The van der Waals surface area contributed by atoms with Crippen LogP contribution in [0.3, 0.4) is 0 Å². The van der Waals surface area contributed by atoms with Crippen molar-refractivity contribution in [1.82, 2.24) is 10.3 Å². The predicted molar refractivity (Wildman–Crippen MR) is 87.1 cm³/mol. The Morgan fingerprint density at radius 1 is 1.29 bits per heavy atom. The lowest BCUT2D eigenvalue weighted by Crippen LogP contribution is -2.24. The molecule has 0 radical (unpaired) electrons. The highest BCUT2D eigenvalue weighted by Gasteiger charge is 2.20. The SMILES string of the molecule is CCCNC(c1cc(Cl)ccc1OC)c1cccnc1C. The molecule has 0 aliphatic rings. The minimum absolute atomic E-state index is 0.0206. The Bertz CT molecular complexity index is 601. The largest absolute Gasteiger partial charge is 0.496 e. The molecule has 4 heteroatoms. The first-order valence-electron chi connectivity index (χ1n) is 7.15. The van der Waals surface area contributed by atoms with Crippen LogP contribution in [0.2, 0.25) is 5.02 Å². The Labute approximate surface area is 131 Å². The molecule has 1 aromatic heterocycles. The van der Waals surface area contributed by atoms with Crippen LogP contribution in [0.15, 0.2) is 36.5 Å². The number of methoxy groups -OCH3 is 1. The Hall–Kier alpha value is -1.58. The van der Waals surface area contributed by atoms with Gasteiger partial charge in [0.15, 0.2) is 0 Å². The number of nitrogens with one attached hydrogen (secondary N) is 1. The number of ether oxygens (including phenoxy) is 1. The Morgan fingerprint density at radius 3 is 2.76 bits per heavy atom. The maximum absolute atomic E-state index is 6.18. The lowest BCUT2D eigenvalue weighted by Gasteiger charge is -2.23. The van der Waals surface area contributed by atoms with Gasteiger partial charge < -0.3 is 10.1 Å². The summed E-state index contributed by atoms with van der Waals surface area (Å²) in [7, 11) is 1.68. The second kappa shape index (κ2) is 7.43. The minimum Gasteiger partial charge on any atom is -0.496 e. The second-order valence-electron chi connectivity index (χ2n) is 4.95. The average molecular weight is 305 g/mol. The zero-order chi connectivity index (χ0) is 15.2. The van der Waals surface area contributed by atoms with Crippen molar-refractivity contribution in [3.63, 3.8) is 0 Å². The number of benzene rings is 1. The summed E-state index contributed by atoms with van der Waals surface area (Å²) in [4.78, 5) is 4.40. The number of halogens is 1. The fraction of sp³-hybridized carbons (Fsp3) is 0.353. The number of pyridine rings is 1. The van der Waals surface area contributed by atoms with E-state index in [4.69, 9.17) is 16.3 Å². The summed E-state index contributed by atoms with van der Waals surface area (Å²) in [6.45, 7) is 5.08. The lowest BCUT2D eigenvalue weighted by atomic mass is 9.96. The molecule has 21 heavy (non-hydrogen) atoms. The molecule has 1 unspecified atom stereocenters. The van der Waals surface area contributed by atoms with E-state index in [-0.39, 0.29) is 6.04 Å². The molecule has 2 aromatic rings. The van der Waals surface area contributed by atoms with Gasteiger partial charge in [-0.1, -0.05) is 24.6 Å². The van der Waals surface area contributed by atoms with E-state index in [9.17, 15) is 0 Å². The zero-order valence-corrected chi connectivity index (χ0v) is 13.4. The number of rotatable bonds is 6. The fourth-order valence-electron chi connectivity index (χ4n) is 2.41. The number of hydrogen-bond acceptors (Lipinski definition) is 3. The summed E-state index contributed by atoms with van der Waals surface area (Å²) in [5.41, 5.74) is 3.19. The number of aryl methyl sites for hydroxylation is 1. The standard InChI is InChI=1S/C17H21ClN2O/c1-4-9-20-17(14-6-5-10-19-12(14)2)15-11-13(18)7-8-16(15)21-3/h5-8,10-11,17,20H,4,9H2,1-3H3. The molecule has 0 saturated carbocycles. The van der Waals surface area contributed by atoms with Gasteiger partial charge in [0.1, 0.15) is 5.75 Å². The van der Waals surface area contributed by atoms with Gasteiger partial charge in [-0.2, -0.15) is 0 Å². The molecule has 0 amide bonds. The topological polar surface area (TPSA) is 34.1 Å². The molecule has 0 aliphatic heterocycles. The highest BCUT2D eigenvalue weighted by Crippen LogP contribution is 2.33. The number of nitrogens with zero attached hydrogens (tertiary/aromatic N) is 1. The number of hydrogen-bond donors (Lipinski definition) is 1. The summed E-state index contributed by atoms with van der Waals surface area (Å²) >= 11 is 6.18. The Morgan fingerprint density at radius 2 is 2.10 bits per heavy atom. The molecule has 1 N–H and O–H groups in total. The van der Waals surface area contributed by atoms with Crippen LogP contribution >= 0.6 is 11.6 Å². The monoisotopic (exact) mass is 304 g/mol. The smallest absolute Gasteiger partial charge is 0.124 e. The fourth-order valence-corrected chi connectivity index (χ4v) is 2.59. The molecule has 0 fully saturated rings. The summed E-state index contributed by atoms with van der Waals surface area (Å²) < 4.78 is 5.50. The van der Waals surface area contributed by atoms with Crippen molar-refractivity contribution in [3.8, 4) is 5.75 Å². The third-order valence-corrected chi connectivity index (χ3v) is 3.70. The van der Waals surface area contributed by atoms with Crippen molar-refractivity contribution >= 4 is 11.6 Å². The molecule has 0 spiro atoms. The van der Waals surface area contributed by atoms with Crippen LogP contribution in [0.5, 0.6) is 5.75 Å². The van der Waals surface area contributed by atoms with E-state index in [0.717, 1.165) is 35.5 Å². The lowest BCUT2D eigenvalue weighted by molar-refractivity contribution is 0.403. The highest BCUT2D eigenvalue weighted by molar-refractivity contribution is 6.30. The van der Waals surface area contributed by atoms with Crippen molar-refractivity contribution in [2.75, 3.05) is 13.7 Å². The summed E-state index contributed by atoms with van der Waals surface area (Å²) in [6.07, 6.45) is 2.86. The second-order valence-corrected chi connectivity index (χ2v) is 5.39. The van der Waals surface area contributed by atoms with E-state index < -0.39 is 0 Å². The molecular formula is C17H21ClN2O. The summed E-state index contributed by atoms with van der Waals surface area (Å²) in [6, 6.07) is 9.78. The van der Waals surface area contributed by atoms with E-state index in [0.29, 0.717) is 5.02 Å². The van der Waals surface area contributed by atoms with Gasteiger partial charge in [-0.05, 0) is 49.7 Å². The van der Waals surface area contributed by atoms with E-state index in [1.807, 2.05) is 37.4 Å². The normalized spacial score (nSPS) is 12.2. The molecule has 0 saturated heterocycles.